The quantitative estimate of drug-likeness (QED) is 0.574. The molecule has 168 valence electrons. The lowest BCUT2D eigenvalue weighted by Crippen LogP contribution is -2.26. The third-order valence-corrected chi connectivity index (χ3v) is 6.70. The Hall–Kier alpha value is -2.42. The Balaban J connectivity index is 1.59. The first-order valence-corrected chi connectivity index (χ1v) is 11.9. The highest BCUT2D eigenvalue weighted by Gasteiger charge is 2.24. The van der Waals surface area contributed by atoms with Gasteiger partial charge >= 0.3 is 5.91 Å². The predicted octanol–water partition coefficient (Wildman–Crippen LogP) is 4.47. The molecular weight excluding hydrogens is 421 g/mol. The fourth-order valence-corrected chi connectivity index (χ4v) is 4.79. The van der Waals surface area contributed by atoms with Gasteiger partial charge in [0, 0.05) is 12.3 Å². The molecule has 1 N–H and O–H groups in total. The minimum Gasteiger partial charge on any atom is -0.338 e. The molecular formula is C22H28FN3O4S. The Morgan fingerprint density at radius 3 is 2.61 bits per heavy atom. The zero-order valence-corrected chi connectivity index (χ0v) is 18.5. The molecule has 1 aliphatic rings. The first-order valence-electron chi connectivity index (χ1n) is 10.7. The molecule has 3 rings (SSSR count). The van der Waals surface area contributed by atoms with Gasteiger partial charge in [-0.15, -0.1) is 0 Å². The van der Waals surface area contributed by atoms with E-state index in [4.69, 9.17) is 4.52 Å². The highest BCUT2D eigenvalue weighted by molar-refractivity contribution is 7.83. The van der Waals surface area contributed by atoms with E-state index in [0.717, 1.165) is 37.3 Å². The standard InChI is InChI=1S/C22H28FN3O4S/c1-15(27)14-17(9-5-8-16-6-3-2-4-7-16)22-24-20(25-30-22)21(28)26-31(29)19-12-10-18(23)11-13-19/h10-13,16-17H,2-9,14H2,1H3,(H,26,28). The second-order valence-corrected chi connectivity index (χ2v) is 9.36. The SMILES string of the molecule is CC(=O)CC(CCCC1CCCCC1)c1nc(C(=O)NS(=O)c2ccc(F)cc2)no1. The van der Waals surface area contributed by atoms with Crippen LogP contribution in [0.15, 0.2) is 33.7 Å². The van der Waals surface area contributed by atoms with Gasteiger partial charge in [-0.25, -0.2) is 8.60 Å². The number of halogens is 1. The van der Waals surface area contributed by atoms with Crippen LogP contribution >= 0.6 is 0 Å². The molecule has 0 spiro atoms. The number of hydrogen-bond donors (Lipinski definition) is 1. The van der Waals surface area contributed by atoms with Crippen LogP contribution in [0.5, 0.6) is 0 Å². The van der Waals surface area contributed by atoms with Crippen molar-refractivity contribution in [1.29, 1.82) is 0 Å². The van der Waals surface area contributed by atoms with Crippen molar-refractivity contribution in [2.24, 2.45) is 5.92 Å². The van der Waals surface area contributed by atoms with Gasteiger partial charge in [0.15, 0.2) is 11.0 Å². The summed E-state index contributed by atoms with van der Waals surface area (Å²) in [6.07, 6.45) is 9.54. The van der Waals surface area contributed by atoms with Gasteiger partial charge in [-0.2, -0.15) is 4.98 Å². The molecule has 7 nitrogen and oxygen atoms in total. The normalized spacial score (nSPS) is 16.6. The van der Waals surface area contributed by atoms with Gasteiger partial charge in [0.25, 0.3) is 5.82 Å². The molecule has 1 aliphatic carbocycles. The Morgan fingerprint density at radius 1 is 1.23 bits per heavy atom. The fraction of sp³-hybridized carbons (Fsp3) is 0.545. The van der Waals surface area contributed by atoms with Gasteiger partial charge in [0.1, 0.15) is 11.6 Å². The second kappa shape index (κ2) is 11.3. The fourth-order valence-electron chi connectivity index (χ4n) is 4.03. The van der Waals surface area contributed by atoms with Crippen LogP contribution in [0, 0.1) is 11.7 Å². The van der Waals surface area contributed by atoms with Crippen LogP contribution in [-0.4, -0.2) is 26.0 Å². The Kier molecular flexibility index (Phi) is 8.45. The summed E-state index contributed by atoms with van der Waals surface area (Å²) >= 11 is 0. The molecule has 31 heavy (non-hydrogen) atoms. The number of carbonyl (C=O) groups excluding carboxylic acids is 2. The summed E-state index contributed by atoms with van der Waals surface area (Å²) < 4.78 is 32.8. The summed E-state index contributed by atoms with van der Waals surface area (Å²) in [6.45, 7) is 1.52. The van der Waals surface area contributed by atoms with E-state index in [1.165, 1.54) is 51.2 Å². The van der Waals surface area contributed by atoms with Crippen LogP contribution in [0.25, 0.3) is 0 Å². The van der Waals surface area contributed by atoms with Crippen LogP contribution in [0.4, 0.5) is 4.39 Å². The van der Waals surface area contributed by atoms with Crippen molar-refractivity contribution in [2.45, 2.75) is 75.5 Å². The van der Waals surface area contributed by atoms with Crippen molar-refractivity contribution >= 4 is 22.7 Å². The average molecular weight is 450 g/mol. The predicted molar refractivity (Wildman–Crippen MR) is 113 cm³/mol. The number of Topliss-reactive ketones (excluding diaryl/α,β-unsaturated/α-hetero) is 1. The maximum atomic E-state index is 13.0. The van der Waals surface area contributed by atoms with Gasteiger partial charge in [-0.05, 0) is 43.5 Å². The molecule has 1 heterocycles. The van der Waals surface area contributed by atoms with E-state index in [1.54, 1.807) is 0 Å². The molecule has 2 aromatic rings. The van der Waals surface area contributed by atoms with Crippen LogP contribution in [0.1, 0.15) is 87.1 Å². The van der Waals surface area contributed by atoms with Gasteiger partial charge in [-0.3, -0.25) is 9.52 Å². The molecule has 0 bridgehead atoms. The van der Waals surface area contributed by atoms with Gasteiger partial charge in [0.05, 0.1) is 4.90 Å². The van der Waals surface area contributed by atoms with E-state index >= 15 is 0 Å². The summed E-state index contributed by atoms with van der Waals surface area (Å²) in [5.74, 6) is -0.696. The van der Waals surface area contributed by atoms with Crippen molar-refractivity contribution in [2.75, 3.05) is 0 Å². The van der Waals surface area contributed by atoms with Crippen molar-refractivity contribution < 1.29 is 22.7 Å². The molecule has 0 radical (unpaired) electrons. The van der Waals surface area contributed by atoms with E-state index in [2.05, 4.69) is 14.9 Å². The van der Waals surface area contributed by atoms with E-state index in [-0.39, 0.29) is 34.7 Å². The second-order valence-electron chi connectivity index (χ2n) is 8.15. The minimum absolute atomic E-state index is 0.0179. The van der Waals surface area contributed by atoms with E-state index < -0.39 is 22.7 Å². The zero-order chi connectivity index (χ0) is 22.2. The summed E-state index contributed by atoms with van der Waals surface area (Å²) in [4.78, 5) is 28.5. The maximum absolute atomic E-state index is 13.0. The molecule has 2 atom stereocenters. The molecule has 1 fully saturated rings. The first-order chi connectivity index (χ1) is 14.9. The van der Waals surface area contributed by atoms with Crippen LogP contribution in [0.2, 0.25) is 0 Å². The van der Waals surface area contributed by atoms with E-state index in [1.807, 2.05) is 0 Å². The molecule has 1 amide bonds. The third-order valence-electron chi connectivity index (χ3n) is 5.63. The largest absolute Gasteiger partial charge is 0.338 e. The summed E-state index contributed by atoms with van der Waals surface area (Å²) in [7, 11) is -1.88. The number of benzene rings is 1. The van der Waals surface area contributed by atoms with Crippen molar-refractivity contribution in [3.05, 3.63) is 41.8 Å². The summed E-state index contributed by atoms with van der Waals surface area (Å²) in [6, 6.07) is 4.96. The third kappa shape index (κ3) is 7.05. The molecule has 1 saturated carbocycles. The van der Waals surface area contributed by atoms with Crippen LogP contribution in [-0.2, 0) is 15.8 Å². The number of nitrogens with zero attached hydrogens (tertiary/aromatic N) is 2. The minimum atomic E-state index is -1.88. The van der Waals surface area contributed by atoms with Crippen molar-refractivity contribution in [3.63, 3.8) is 0 Å². The van der Waals surface area contributed by atoms with Crippen LogP contribution in [0.3, 0.4) is 0 Å². The lowest BCUT2D eigenvalue weighted by Gasteiger charge is -2.22. The number of aromatic nitrogens is 2. The summed E-state index contributed by atoms with van der Waals surface area (Å²) in [5.41, 5.74) is 0. The van der Waals surface area contributed by atoms with Gasteiger partial charge < -0.3 is 9.32 Å². The van der Waals surface area contributed by atoms with Crippen molar-refractivity contribution in [3.8, 4) is 0 Å². The maximum Gasteiger partial charge on any atom is 0.304 e. The number of rotatable bonds is 10. The Labute approximate surface area is 183 Å². The molecule has 0 saturated heterocycles. The molecule has 0 aliphatic heterocycles. The lowest BCUT2D eigenvalue weighted by atomic mass is 9.84. The summed E-state index contributed by atoms with van der Waals surface area (Å²) in [5, 5.41) is 3.70. The molecule has 1 aromatic carbocycles. The van der Waals surface area contributed by atoms with E-state index in [9.17, 15) is 18.2 Å². The average Bonchev–Trinajstić information content (AvgIpc) is 3.24. The van der Waals surface area contributed by atoms with Gasteiger partial charge in [0.2, 0.25) is 5.89 Å². The first kappa shape index (κ1) is 23.2. The topological polar surface area (TPSA) is 102 Å². The Bertz CT molecular complexity index is 910. The molecule has 2 unspecified atom stereocenters. The molecule has 1 aromatic heterocycles. The molecule has 9 heteroatoms. The highest BCUT2D eigenvalue weighted by Crippen LogP contribution is 2.31. The zero-order valence-electron chi connectivity index (χ0n) is 17.6. The number of ketones is 1. The van der Waals surface area contributed by atoms with Crippen molar-refractivity contribution in [1.82, 2.24) is 14.9 Å². The van der Waals surface area contributed by atoms with Crippen LogP contribution < -0.4 is 4.72 Å². The number of amides is 1. The smallest absolute Gasteiger partial charge is 0.304 e. The monoisotopic (exact) mass is 449 g/mol. The van der Waals surface area contributed by atoms with E-state index in [0.29, 0.717) is 0 Å². The number of carbonyl (C=O) groups is 2. The highest BCUT2D eigenvalue weighted by atomic mass is 32.2. The number of nitrogens with one attached hydrogen (secondary N) is 1. The number of hydrogen-bond acceptors (Lipinski definition) is 6. The van der Waals surface area contributed by atoms with Gasteiger partial charge in [-0.1, -0.05) is 50.1 Å². The lowest BCUT2D eigenvalue weighted by molar-refractivity contribution is -0.117. The Morgan fingerprint density at radius 2 is 1.94 bits per heavy atom.